The van der Waals surface area contributed by atoms with Gasteiger partial charge in [0.15, 0.2) is 0 Å². The minimum atomic E-state index is 0.0920. The Labute approximate surface area is 130 Å². The van der Waals surface area contributed by atoms with Gasteiger partial charge in [0, 0.05) is 5.56 Å². The lowest BCUT2D eigenvalue weighted by atomic mass is 9.90. The van der Waals surface area contributed by atoms with E-state index in [1.165, 1.54) is 5.56 Å². The van der Waals surface area contributed by atoms with E-state index in [0.29, 0.717) is 0 Å². The molecule has 0 fully saturated rings. The molecule has 0 unspecified atom stereocenters. The Balaban J connectivity index is 2.27. The fourth-order valence-electron chi connectivity index (χ4n) is 2.70. The number of rotatable bonds is 3. The molecule has 108 valence electrons. The van der Waals surface area contributed by atoms with E-state index in [1.807, 2.05) is 48.5 Å². The third kappa shape index (κ3) is 2.63. The fraction of sp³-hybridized carbons (Fsp3) is 0.0500. The van der Waals surface area contributed by atoms with Crippen molar-refractivity contribution in [2.75, 3.05) is 0 Å². The topological polar surface area (TPSA) is 49.9 Å². The molecule has 0 saturated heterocycles. The first kappa shape index (κ1) is 14.1. The second-order valence-corrected chi connectivity index (χ2v) is 5.34. The second kappa shape index (κ2) is 5.86. The van der Waals surface area contributed by atoms with E-state index in [-0.39, 0.29) is 5.84 Å². The Bertz CT molecular complexity index is 745. The molecule has 3 aromatic carbocycles. The van der Waals surface area contributed by atoms with Crippen molar-refractivity contribution in [2.45, 2.75) is 6.92 Å². The monoisotopic (exact) mass is 286 g/mol. The van der Waals surface area contributed by atoms with Crippen molar-refractivity contribution in [3.8, 4) is 22.3 Å². The first-order valence-electron chi connectivity index (χ1n) is 7.26. The van der Waals surface area contributed by atoms with Crippen molar-refractivity contribution >= 4 is 5.84 Å². The zero-order valence-corrected chi connectivity index (χ0v) is 12.5. The molecule has 0 spiro atoms. The van der Waals surface area contributed by atoms with Gasteiger partial charge in [0.2, 0.25) is 0 Å². The highest BCUT2D eigenvalue weighted by atomic mass is 14.7. The molecule has 2 nitrogen and oxygen atoms in total. The molecule has 3 aromatic rings. The fourth-order valence-corrected chi connectivity index (χ4v) is 2.70. The molecule has 0 aliphatic carbocycles. The normalized spacial score (nSPS) is 10.4. The summed E-state index contributed by atoms with van der Waals surface area (Å²) >= 11 is 0. The third-order valence-electron chi connectivity index (χ3n) is 3.89. The molecule has 3 rings (SSSR count). The molecule has 0 radical (unpaired) electrons. The van der Waals surface area contributed by atoms with E-state index in [0.717, 1.165) is 27.8 Å². The predicted molar refractivity (Wildman–Crippen MR) is 93.1 cm³/mol. The van der Waals surface area contributed by atoms with E-state index in [9.17, 15) is 0 Å². The lowest BCUT2D eigenvalue weighted by Crippen LogP contribution is -2.11. The number of benzene rings is 3. The lowest BCUT2D eigenvalue weighted by Gasteiger charge is -2.15. The Morgan fingerprint density at radius 1 is 0.773 bits per heavy atom. The zero-order valence-electron chi connectivity index (χ0n) is 12.5. The van der Waals surface area contributed by atoms with E-state index < -0.39 is 0 Å². The summed E-state index contributed by atoms with van der Waals surface area (Å²) in [5, 5.41) is 7.80. The molecule has 0 heterocycles. The van der Waals surface area contributed by atoms with Crippen LogP contribution in [0.3, 0.4) is 0 Å². The number of hydrogen-bond acceptors (Lipinski definition) is 1. The van der Waals surface area contributed by atoms with Gasteiger partial charge in [-0.15, -0.1) is 0 Å². The average Bonchev–Trinajstić information content (AvgIpc) is 2.56. The van der Waals surface area contributed by atoms with E-state index in [2.05, 4.69) is 31.2 Å². The highest BCUT2D eigenvalue weighted by Gasteiger charge is 2.11. The molecule has 2 heteroatoms. The summed E-state index contributed by atoms with van der Waals surface area (Å²) in [5.41, 5.74) is 12.2. The highest BCUT2D eigenvalue weighted by molar-refractivity contribution is 5.98. The first-order chi connectivity index (χ1) is 10.7. The van der Waals surface area contributed by atoms with Gasteiger partial charge in [0.25, 0.3) is 0 Å². The molecule has 22 heavy (non-hydrogen) atoms. The van der Waals surface area contributed by atoms with Gasteiger partial charge >= 0.3 is 0 Å². The molecule has 0 aliphatic rings. The van der Waals surface area contributed by atoms with Crippen molar-refractivity contribution < 1.29 is 0 Å². The smallest absolute Gasteiger partial charge is 0.122 e. The molecule has 3 N–H and O–H groups in total. The Morgan fingerprint density at radius 3 is 1.55 bits per heavy atom. The summed E-state index contributed by atoms with van der Waals surface area (Å²) < 4.78 is 0. The molecule has 0 aliphatic heterocycles. The predicted octanol–water partition coefficient (Wildman–Crippen LogP) is 4.61. The molecule has 0 bridgehead atoms. The number of hydrogen-bond donors (Lipinski definition) is 2. The lowest BCUT2D eigenvalue weighted by molar-refractivity contribution is 1.39. The minimum absolute atomic E-state index is 0.0920. The summed E-state index contributed by atoms with van der Waals surface area (Å²) in [5.74, 6) is 0.0920. The maximum absolute atomic E-state index is 7.80. The van der Waals surface area contributed by atoms with Gasteiger partial charge in [-0.3, -0.25) is 5.41 Å². The average molecular weight is 286 g/mol. The van der Waals surface area contributed by atoms with Crippen molar-refractivity contribution in [1.82, 2.24) is 0 Å². The quantitative estimate of drug-likeness (QED) is 0.536. The summed E-state index contributed by atoms with van der Waals surface area (Å²) in [6, 6.07) is 24.4. The van der Waals surface area contributed by atoms with Gasteiger partial charge in [-0.25, -0.2) is 0 Å². The molecular weight excluding hydrogens is 268 g/mol. The number of nitrogens with two attached hydrogens (primary N) is 1. The van der Waals surface area contributed by atoms with Crippen molar-refractivity contribution in [1.29, 1.82) is 5.41 Å². The molecule has 0 aromatic heterocycles. The van der Waals surface area contributed by atoms with Crippen molar-refractivity contribution in [3.05, 3.63) is 83.9 Å². The highest BCUT2D eigenvalue weighted by Crippen LogP contribution is 2.33. The van der Waals surface area contributed by atoms with E-state index >= 15 is 0 Å². The van der Waals surface area contributed by atoms with Crippen molar-refractivity contribution in [3.63, 3.8) is 0 Å². The minimum Gasteiger partial charge on any atom is -0.384 e. The molecular formula is C20H18N2. The Hall–Kier alpha value is -2.87. The second-order valence-electron chi connectivity index (χ2n) is 5.34. The van der Waals surface area contributed by atoms with Crippen LogP contribution in [0.4, 0.5) is 0 Å². The van der Waals surface area contributed by atoms with Crippen LogP contribution in [0.5, 0.6) is 0 Å². The van der Waals surface area contributed by atoms with Crippen LogP contribution >= 0.6 is 0 Å². The summed E-state index contributed by atoms with van der Waals surface area (Å²) in [6.07, 6.45) is 0. The Kier molecular flexibility index (Phi) is 3.75. The van der Waals surface area contributed by atoms with Crippen LogP contribution in [0.25, 0.3) is 22.3 Å². The molecule has 0 saturated carbocycles. The number of amidine groups is 1. The summed E-state index contributed by atoms with van der Waals surface area (Å²) in [6.45, 7) is 2.12. The summed E-state index contributed by atoms with van der Waals surface area (Å²) in [4.78, 5) is 0. The van der Waals surface area contributed by atoms with Crippen LogP contribution in [0.1, 0.15) is 11.1 Å². The van der Waals surface area contributed by atoms with Crippen molar-refractivity contribution in [2.24, 2.45) is 5.73 Å². The van der Waals surface area contributed by atoms with Crippen LogP contribution in [0.2, 0.25) is 0 Å². The molecule has 0 atom stereocenters. The maximum Gasteiger partial charge on any atom is 0.122 e. The van der Waals surface area contributed by atoms with Gasteiger partial charge in [0.1, 0.15) is 5.84 Å². The third-order valence-corrected chi connectivity index (χ3v) is 3.89. The van der Waals surface area contributed by atoms with Gasteiger partial charge in [-0.05, 0) is 46.9 Å². The van der Waals surface area contributed by atoms with Gasteiger partial charge < -0.3 is 5.73 Å². The van der Waals surface area contributed by atoms with Crippen LogP contribution < -0.4 is 5.73 Å². The maximum atomic E-state index is 7.80. The van der Waals surface area contributed by atoms with Crippen LogP contribution in [-0.4, -0.2) is 5.84 Å². The van der Waals surface area contributed by atoms with E-state index in [1.54, 1.807) is 0 Å². The first-order valence-corrected chi connectivity index (χ1v) is 7.26. The standard InChI is InChI=1S/C20H18N2/c1-14-18(15-8-4-2-5-9-15)12-17(20(21)22)13-19(14)16-10-6-3-7-11-16/h2-13H,1H3,(H3,21,22). The van der Waals surface area contributed by atoms with Gasteiger partial charge in [-0.2, -0.15) is 0 Å². The number of nitrogens with one attached hydrogen (secondary N) is 1. The van der Waals surface area contributed by atoms with E-state index in [4.69, 9.17) is 11.1 Å². The zero-order chi connectivity index (χ0) is 15.5. The van der Waals surface area contributed by atoms with Gasteiger partial charge in [-0.1, -0.05) is 60.7 Å². The summed E-state index contributed by atoms with van der Waals surface area (Å²) in [7, 11) is 0. The van der Waals surface area contributed by atoms with Crippen LogP contribution in [-0.2, 0) is 0 Å². The largest absolute Gasteiger partial charge is 0.384 e. The number of nitrogen functional groups attached to an aromatic ring is 1. The van der Waals surface area contributed by atoms with Crippen LogP contribution in [0.15, 0.2) is 72.8 Å². The SMILES string of the molecule is Cc1c(-c2ccccc2)cc(C(=N)N)cc1-c1ccccc1. The Morgan fingerprint density at radius 2 is 1.18 bits per heavy atom. The molecule has 0 amide bonds. The van der Waals surface area contributed by atoms with Gasteiger partial charge in [0.05, 0.1) is 0 Å². The van der Waals surface area contributed by atoms with Crippen LogP contribution in [0, 0.1) is 12.3 Å².